The van der Waals surface area contributed by atoms with Crippen LogP contribution in [0.4, 0.5) is 0 Å². The number of likely N-dealkylation sites (tertiary alicyclic amines) is 1. The lowest BCUT2D eigenvalue weighted by molar-refractivity contribution is -0.146. The molecule has 1 aromatic carbocycles. The second kappa shape index (κ2) is 11.9. The number of benzene rings is 1. The molecule has 0 radical (unpaired) electrons. The van der Waals surface area contributed by atoms with Crippen molar-refractivity contribution in [3.05, 3.63) is 59.4 Å². The molecule has 1 fully saturated rings. The van der Waals surface area contributed by atoms with Gasteiger partial charge in [-0.3, -0.25) is 9.78 Å². The number of nitrogens with zero attached hydrogens (tertiary/aromatic N) is 3. The molecular formula is C26H30ClN3O3S. The van der Waals surface area contributed by atoms with Crippen molar-refractivity contribution in [2.75, 3.05) is 32.5 Å². The van der Waals surface area contributed by atoms with Crippen molar-refractivity contribution >= 4 is 40.2 Å². The molecule has 0 saturated carbocycles. The average Bonchev–Trinajstić information content (AvgIpc) is 2.86. The van der Waals surface area contributed by atoms with Crippen LogP contribution in [0.25, 0.3) is 10.9 Å². The van der Waals surface area contributed by atoms with Gasteiger partial charge in [-0.15, -0.1) is 11.8 Å². The van der Waals surface area contributed by atoms with E-state index in [1.165, 1.54) is 0 Å². The number of halogens is 1. The Balaban J connectivity index is 1.32. The summed E-state index contributed by atoms with van der Waals surface area (Å²) in [5.74, 6) is 0.837. The van der Waals surface area contributed by atoms with Crippen LogP contribution in [0.15, 0.2) is 53.8 Å². The third kappa shape index (κ3) is 6.20. The molecule has 1 aliphatic rings. The Bertz CT molecular complexity index is 1120. The first-order chi connectivity index (χ1) is 16.5. The molecule has 3 heterocycles. The van der Waals surface area contributed by atoms with Gasteiger partial charge in [0, 0.05) is 36.6 Å². The molecule has 1 aliphatic heterocycles. The number of carboxylic acids is 1. The van der Waals surface area contributed by atoms with E-state index in [0.717, 1.165) is 71.8 Å². The van der Waals surface area contributed by atoms with Crippen LogP contribution in [0, 0.1) is 11.8 Å². The van der Waals surface area contributed by atoms with E-state index in [4.69, 9.17) is 16.3 Å². The molecule has 2 aromatic heterocycles. The second-order valence-electron chi connectivity index (χ2n) is 8.67. The molecule has 2 atom stereocenters. The standard InChI is InChI=1S/C26H30ClN3O3S/c1-33-19-8-9-24-21(15-19)20(23(27)16-29-24)6-4-5-18-10-12-30(17-22(18)26(31)32)13-14-34-25-7-2-3-11-28-25/h2-3,7-9,11,15-16,18,22H,4-6,10,12-14,17H2,1H3,(H,31,32). The number of aryl methyl sites for hydroxylation is 1. The molecule has 6 nitrogen and oxygen atoms in total. The first-order valence-corrected chi connectivity index (χ1v) is 13.0. The zero-order chi connectivity index (χ0) is 23.9. The first-order valence-electron chi connectivity index (χ1n) is 11.6. The summed E-state index contributed by atoms with van der Waals surface area (Å²) in [4.78, 5) is 23.1. The number of aromatic nitrogens is 2. The van der Waals surface area contributed by atoms with Gasteiger partial charge in [0.1, 0.15) is 5.75 Å². The van der Waals surface area contributed by atoms with Crippen LogP contribution in [0.1, 0.15) is 24.8 Å². The molecule has 180 valence electrons. The van der Waals surface area contributed by atoms with Crippen molar-refractivity contribution < 1.29 is 14.6 Å². The molecule has 0 spiro atoms. The largest absolute Gasteiger partial charge is 0.497 e. The van der Waals surface area contributed by atoms with Gasteiger partial charge >= 0.3 is 5.97 Å². The summed E-state index contributed by atoms with van der Waals surface area (Å²) in [7, 11) is 1.65. The average molecular weight is 500 g/mol. The monoisotopic (exact) mass is 499 g/mol. The number of piperidine rings is 1. The molecule has 4 rings (SSSR count). The molecule has 0 amide bonds. The minimum atomic E-state index is -0.691. The summed E-state index contributed by atoms with van der Waals surface area (Å²) in [6.07, 6.45) is 6.96. The Morgan fingerprint density at radius 3 is 2.94 bits per heavy atom. The quantitative estimate of drug-likeness (QED) is 0.373. The minimum Gasteiger partial charge on any atom is -0.497 e. The molecule has 34 heavy (non-hydrogen) atoms. The van der Waals surface area contributed by atoms with Gasteiger partial charge in [-0.1, -0.05) is 17.7 Å². The molecule has 3 aromatic rings. The van der Waals surface area contributed by atoms with Crippen LogP contribution in [-0.4, -0.2) is 58.4 Å². The van der Waals surface area contributed by atoms with E-state index in [2.05, 4.69) is 14.9 Å². The van der Waals surface area contributed by atoms with Crippen molar-refractivity contribution in [1.29, 1.82) is 0 Å². The van der Waals surface area contributed by atoms with Gasteiger partial charge in [0.05, 0.1) is 28.6 Å². The van der Waals surface area contributed by atoms with E-state index in [1.807, 2.05) is 36.4 Å². The van der Waals surface area contributed by atoms with Crippen molar-refractivity contribution in [2.24, 2.45) is 11.8 Å². The Morgan fingerprint density at radius 2 is 2.18 bits per heavy atom. The van der Waals surface area contributed by atoms with Crippen molar-refractivity contribution in [3.63, 3.8) is 0 Å². The lowest BCUT2D eigenvalue weighted by Crippen LogP contribution is -2.44. The lowest BCUT2D eigenvalue weighted by atomic mass is 9.81. The molecule has 1 saturated heterocycles. The Morgan fingerprint density at radius 1 is 1.29 bits per heavy atom. The zero-order valence-electron chi connectivity index (χ0n) is 19.3. The van der Waals surface area contributed by atoms with Gasteiger partial charge in [0.15, 0.2) is 0 Å². The van der Waals surface area contributed by atoms with Gasteiger partial charge in [-0.05, 0) is 74.0 Å². The molecule has 0 bridgehead atoms. The number of fused-ring (bicyclic) bond motifs is 1. The minimum absolute atomic E-state index is 0.179. The number of thioether (sulfide) groups is 1. The highest BCUT2D eigenvalue weighted by Gasteiger charge is 2.33. The van der Waals surface area contributed by atoms with Gasteiger partial charge in [-0.2, -0.15) is 0 Å². The topological polar surface area (TPSA) is 75.5 Å². The third-order valence-electron chi connectivity index (χ3n) is 6.59. The highest BCUT2D eigenvalue weighted by molar-refractivity contribution is 7.99. The van der Waals surface area contributed by atoms with Gasteiger partial charge < -0.3 is 14.7 Å². The van der Waals surface area contributed by atoms with Crippen molar-refractivity contribution in [1.82, 2.24) is 14.9 Å². The van der Waals surface area contributed by atoms with E-state index in [-0.39, 0.29) is 11.8 Å². The van der Waals surface area contributed by atoms with Crippen LogP contribution in [0.2, 0.25) is 5.02 Å². The summed E-state index contributed by atoms with van der Waals surface area (Å²) in [5.41, 5.74) is 1.95. The number of ether oxygens (including phenoxy) is 1. The fourth-order valence-corrected chi connectivity index (χ4v) is 5.85. The number of methoxy groups -OCH3 is 1. The third-order valence-corrected chi connectivity index (χ3v) is 7.84. The highest BCUT2D eigenvalue weighted by atomic mass is 35.5. The van der Waals surface area contributed by atoms with Gasteiger partial charge in [0.2, 0.25) is 0 Å². The molecule has 1 N–H and O–H groups in total. The van der Waals surface area contributed by atoms with Gasteiger partial charge in [0.25, 0.3) is 0 Å². The zero-order valence-corrected chi connectivity index (χ0v) is 20.9. The number of carboxylic acid groups (broad SMARTS) is 1. The predicted molar refractivity (Wildman–Crippen MR) is 137 cm³/mol. The normalized spacial score (nSPS) is 18.8. The fourth-order valence-electron chi connectivity index (χ4n) is 4.73. The fraction of sp³-hybridized carbons (Fsp3) is 0.423. The van der Waals surface area contributed by atoms with Crippen LogP contribution >= 0.6 is 23.4 Å². The molecular weight excluding hydrogens is 470 g/mol. The number of carbonyl (C=O) groups is 1. The van der Waals surface area contributed by atoms with E-state index in [9.17, 15) is 9.90 Å². The summed E-state index contributed by atoms with van der Waals surface area (Å²) >= 11 is 8.21. The van der Waals surface area contributed by atoms with E-state index < -0.39 is 5.97 Å². The molecule has 8 heteroatoms. The summed E-state index contributed by atoms with van der Waals surface area (Å²) in [5, 5.41) is 12.6. The number of hydrogen-bond acceptors (Lipinski definition) is 6. The first kappa shape index (κ1) is 24.8. The van der Waals surface area contributed by atoms with Crippen LogP contribution in [-0.2, 0) is 11.2 Å². The predicted octanol–water partition coefficient (Wildman–Crippen LogP) is 5.43. The van der Waals surface area contributed by atoms with Crippen molar-refractivity contribution in [3.8, 4) is 5.75 Å². The summed E-state index contributed by atoms with van der Waals surface area (Å²) in [6.45, 7) is 2.42. The number of rotatable bonds is 10. The molecule has 2 unspecified atom stereocenters. The van der Waals surface area contributed by atoms with E-state index in [0.29, 0.717) is 11.6 Å². The van der Waals surface area contributed by atoms with Crippen LogP contribution in [0.3, 0.4) is 0 Å². The maximum absolute atomic E-state index is 12.1. The maximum Gasteiger partial charge on any atom is 0.308 e. The maximum atomic E-state index is 12.1. The summed E-state index contributed by atoms with van der Waals surface area (Å²) < 4.78 is 5.37. The summed E-state index contributed by atoms with van der Waals surface area (Å²) in [6, 6.07) is 11.7. The van der Waals surface area contributed by atoms with Crippen molar-refractivity contribution in [2.45, 2.75) is 30.7 Å². The number of pyridine rings is 2. The number of hydrogen-bond donors (Lipinski definition) is 1. The Labute approximate surface area is 209 Å². The second-order valence-corrected chi connectivity index (χ2v) is 10.2. The Hall–Kier alpha value is -2.35. The van der Waals surface area contributed by atoms with E-state index >= 15 is 0 Å². The van der Waals surface area contributed by atoms with Gasteiger partial charge in [-0.25, -0.2) is 4.98 Å². The van der Waals surface area contributed by atoms with Crippen LogP contribution < -0.4 is 4.74 Å². The van der Waals surface area contributed by atoms with Crippen LogP contribution in [0.5, 0.6) is 5.75 Å². The number of aliphatic carboxylic acids is 1. The molecule has 0 aliphatic carbocycles. The SMILES string of the molecule is COc1ccc2ncc(Cl)c(CCCC3CCN(CCSc4ccccn4)CC3C(=O)O)c2c1. The van der Waals surface area contributed by atoms with E-state index in [1.54, 1.807) is 31.3 Å². The lowest BCUT2D eigenvalue weighted by Gasteiger charge is -2.36. The highest BCUT2D eigenvalue weighted by Crippen LogP contribution is 2.32. The smallest absolute Gasteiger partial charge is 0.308 e. The Kier molecular flexibility index (Phi) is 8.64.